The minimum absolute atomic E-state index is 0.278. The van der Waals surface area contributed by atoms with Gasteiger partial charge in [0.25, 0.3) is 0 Å². The molecule has 1 N–H and O–H groups in total. The van der Waals surface area contributed by atoms with Crippen molar-refractivity contribution in [2.24, 2.45) is 10.5 Å². The largest absolute Gasteiger partial charge is 0.384 e. The van der Waals surface area contributed by atoms with Crippen LogP contribution in [0.4, 0.5) is 5.69 Å². The van der Waals surface area contributed by atoms with Crippen molar-refractivity contribution in [3.8, 4) is 0 Å². The van der Waals surface area contributed by atoms with Gasteiger partial charge in [-0.2, -0.15) is 5.10 Å². The Kier molecular flexibility index (Phi) is 6.32. The van der Waals surface area contributed by atoms with Gasteiger partial charge in [-0.3, -0.25) is 14.8 Å². The third-order valence-corrected chi connectivity index (χ3v) is 4.79. The van der Waals surface area contributed by atoms with Crippen LogP contribution >= 0.6 is 19.2 Å². The summed E-state index contributed by atoms with van der Waals surface area (Å²) in [5.41, 5.74) is 2.20. The first-order chi connectivity index (χ1) is 10.1. The highest BCUT2D eigenvalue weighted by molar-refractivity contribution is 7.75. The zero-order chi connectivity index (χ0) is 17.0. The molecule has 0 aliphatic carbocycles. The van der Waals surface area contributed by atoms with Gasteiger partial charge in [-0.05, 0) is 24.3 Å². The van der Waals surface area contributed by atoms with E-state index in [-0.39, 0.29) is 5.45 Å². The zero-order valence-corrected chi connectivity index (χ0v) is 14.9. The van der Waals surface area contributed by atoms with Crippen molar-refractivity contribution >= 4 is 36.1 Å². The highest BCUT2D eigenvalue weighted by Crippen LogP contribution is 2.49. The van der Waals surface area contributed by atoms with E-state index < -0.39 is 18.8 Å². The number of hydrazone groups is 1. The quantitative estimate of drug-likeness (QED) is 0.475. The minimum Gasteiger partial charge on any atom is -0.307 e. The molecule has 0 aliphatic heterocycles. The van der Waals surface area contributed by atoms with Crippen LogP contribution in [0.15, 0.2) is 29.4 Å². The van der Waals surface area contributed by atoms with Gasteiger partial charge in [0, 0.05) is 24.7 Å². The lowest BCUT2D eigenvalue weighted by atomic mass is 9.91. The molecule has 122 valence electrons. The SMILES string of the molecule is COP(=O)(OC)/C(=N\Nc1ccc(Cl)cc1)C(=O)C(C)(C)C. The summed E-state index contributed by atoms with van der Waals surface area (Å²) in [5, 5.41) is 4.53. The van der Waals surface area contributed by atoms with Crippen LogP contribution in [-0.4, -0.2) is 25.5 Å². The molecule has 0 heterocycles. The number of carbonyl (C=O) groups is 1. The molecule has 0 spiro atoms. The molecule has 0 saturated heterocycles. The first-order valence-corrected chi connectivity index (χ1v) is 8.42. The summed E-state index contributed by atoms with van der Waals surface area (Å²) in [6, 6.07) is 6.68. The number of hydrogen-bond acceptors (Lipinski definition) is 6. The number of carbonyl (C=O) groups excluding carboxylic acids is 1. The fraction of sp³-hybridized carbons (Fsp3) is 0.429. The number of rotatable bonds is 6. The van der Waals surface area contributed by atoms with Crippen molar-refractivity contribution in [1.82, 2.24) is 0 Å². The highest BCUT2D eigenvalue weighted by atomic mass is 35.5. The first kappa shape index (κ1) is 18.8. The lowest BCUT2D eigenvalue weighted by Gasteiger charge is -2.21. The summed E-state index contributed by atoms with van der Waals surface area (Å²) in [6.45, 7) is 5.09. The number of Topliss-reactive ketones (excluding diaryl/α,β-unsaturated/α-hetero) is 1. The predicted molar refractivity (Wildman–Crippen MR) is 88.6 cm³/mol. The fourth-order valence-electron chi connectivity index (χ4n) is 1.46. The van der Waals surface area contributed by atoms with Crippen LogP contribution < -0.4 is 5.43 Å². The Morgan fingerprint density at radius 2 is 1.68 bits per heavy atom. The average molecular weight is 347 g/mol. The lowest BCUT2D eigenvalue weighted by molar-refractivity contribution is -0.119. The molecule has 22 heavy (non-hydrogen) atoms. The first-order valence-electron chi connectivity index (χ1n) is 6.50. The summed E-state index contributed by atoms with van der Waals surface area (Å²) in [6.07, 6.45) is 0. The Labute approximate surface area is 135 Å². The monoisotopic (exact) mass is 346 g/mol. The van der Waals surface area contributed by atoms with Gasteiger partial charge in [0.2, 0.25) is 5.45 Å². The molecule has 1 rings (SSSR count). The van der Waals surface area contributed by atoms with E-state index in [4.69, 9.17) is 20.6 Å². The van der Waals surface area contributed by atoms with Gasteiger partial charge in [-0.1, -0.05) is 32.4 Å². The normalized spacial score (nSPS) is 13.1. The third-order valence-electron chi connectivity index (χ3n) is 2.76. The molecule has 1 aromatic carbocycles. The summed E-state index contributed by atoms with van der Waals surface area (Å²) in [7, 11) is -1.37. The maximum atomic E-state index is 12.6. The van der Waals surface area contributed by atoms with Gasteiger partial charge < -0.3 is 9.05 Å². The molecule has 0 aliphatic rings. The molecule has 0 bridgehead atoms. The van der Waals surface area contributed by atoms with Gasteiger partial charge in [-0.15, -0.1) is 0 Å². The number of hydrogen-bond donors (Lipinski definition) is 1. The number of nitrogens with one attached hydrogen (secondary N) is 1. The van der Waals surface area contributed by atoms with Crippen LogP contribution in [-0.2, 0) is 18.4 Å². The number of benzene rings is 1. The highest BCUT2D eigenvalue weighted by Gasteiger charge is 2.40. The Bertz CT molecular complexity index is 600. The standard InChI is InChI=1S/C14H20ClN2O4P/c1-14(2,3)12(18)13(22(19,20-4)21-5)17-16-11-8-6-10(15)7-9-11/h6-9,16H,1-5H3/b17-13-. The zero-order valence-electron chi connectivity index (χ0n) is 13.2. The second-order valence-electron chi connectivity index (χ2n) is 5.50. The molecule has 8 heteroatoms. The van der Waals surface area contributed by atoms with Crippen LogP contribution in [0.5, 0.6) is 0 Å². The Morgan fingerprint density at radius 1 is 1.18 bits per heavy atom. The predicted octanol–water partition coefficient (Wildman–Crippen LogP) is 4.17. The van der Waals surface area contributed by atoms with Crippen LogP contribution in [0.1, 0.15) is 20.8 Å². The van der Waals surface area contributed by atoms with Gasteiger partial charge in [0.15, 0.2) is 5.78 Å². The second kappa shape index (κ2) is 7.38. The van der Waals surface area contributed by atoms with E-state index >= 15 is 0 Å². The van der Waals surface area contributed by atoms with Crippen molar-refractivity contribution < 1.29 is 18.4 Å². The number of ketones is 1. The maximum absolute atomic E-state index is 12.6. The van der Waals surface area contributed by atoms with E-state index in [1.54, 1.807) is 45.0 Å². The van der Waals surface area contributed by atoms with Crippen molar-refractivity contribution in [2.45, 2.75) is 20.8 Å². The van der Waals surface area contributed by atoms with E-state index in [0.29, 0.717) is 10.7 Å². The van der Waals surface area contributed by atoms with Crippen molar-refractivity contribution in [1.29, 1.82) is 0 Å². The Morgan fingerprint density at radius 3 is 2.09 bits per heavy atom. The van der Waals surface area contributed by atoms with Crippen LogP contribution in [0.2, 0.25) is 5.02 Å². The van der Waals surface area contributed by atoms with E-state index in [2.05, 4.69) is 10.5 Å². The number of halogens is 1. The molecule has 1 aromatic rings. The average Bonchev–Trinajstić information content (AvgIpc) is 2.47. The number of nitrogens with zero attached hydrogens (tertiary/aromatic N) is 1. The molecule has 0 fully saturated rings. The molecule has 0 unspecified atom stereocenters. The van der Waals surface area contributed by atoms with Crippen LogP contribution in [0.25, 0.3) is 0 Å². The second-order valence-corrected chi connectivity index (χ2v) is 8.08. The van der Waals surface area contributed by atoms with Crippen LogP contribution in [0.3, 0.4) is 0 Å². The Balaban J connectivity index is 3.20. The smallest absolute Gasteiger partial charge is 0.307 e. The van der Waals surface area contributed by atoms with Gasteiger partial charge in [-0.25, -0.2) is 0 Å². The summed E-state index contributed by atoms with van der Waals surface area (Å²) < 4.78 is 22.3. The van der Waals surface area contributed by atoms with E-state index in [9.17, 15) is 9.36 Å². The fourth-order valence-corrected chi connectivity index (χ4v) is 2.84. The van der Waals surface area contributed by atoms with E-state index in [0.717, 1.165) is 0 Å². The lowest BCUT2D eigenvalue weighted by Crippen LogP contribution is -2.30. The number of anilines is 1. The van der Waals surface area contributed by atoms with E-state index in [1.165, 1.54) is 14.2 Å². The third kappa shape index (κ3) is 4.65. The molecular formula is C14H20ClN2O4P. The summed E-state index contributed by atoms with van der Waals surface area (Å²) in [5.74, 6) is -0.430. The molecule has 0 radical (unpaired) electrons. The molecule has 0 amide bonds. The van der Waals surface area contributed by atoms with Crippen molar-refractivity contribution in [3.05, 3.63) is 29.3 Å². The molecule has 0 atom stereocenters. The topological polar surface area (TPSA) is 77.0 Å². The molecular weight excluding hydrogens is 327 g/mol. The van der Waals surface area contributed by atoms with Gasteiger partial charge in [0.1, 0.15) is 0 Å². The van der Waals surface area contributed by atoms with Gasteiger partial charge >= 0.3 is 7.60 Å². The van der Waals surface area contributed by atoms with Gasteiger partial charge in [0.05, 0.1) is 5.69 Å². The van der Waals surface area contributed by atoms with Crippen molar-refractivity contribution in [3.63, 3.8) is 0 Å². The maximum Gasteiger partial charge on any atom is 0.384 e. The summed E-state index contributed by atoms with van der Waals surface area (Å²) >= 11 is 5.80. The molecule has 0 saturated carbocycles. The molecule has 0 aromatic heterocycles. The Hall–Kier alpha value is -1.20. The van der Waals surface area contributed by atoms with E-state index in [1.807, 2.05) is 0 Å². The summed E-state index contributed by atoms with van der Waals surface area (Å²) in [4.78, 5) is 12.5. The van der Waals surface area contributed by atoms with Crippen molar-refractivity contribution in [2.75, 3.05) is 19.6 Å². The minimum atomic E-state index is -3.78. The molecule has 6 nitrogen and oxygen atoms in total. The van der Waals surface area contributed by atoms with Crippen LogP contribution in [0, 0.1) is 5.41 Å².